The minimum Gasteiger partial charge on any atom is -0.353 e. The maximum Gasteiger partial charge on any atom is 0.224 e. The Kier molecular flexibility index (Phi) is 5.04. The number of carbonyl (C=O) groups is 1. The summed E-state index contributed by atoms with van der Waals surface area (Å²) in [6, 6.07) is 0.472. The monoisotopic (exact) mass is 252 g/mol. The van der Waals surface area contributed by atoms with Crippen LogP contribution in [0.15, 0.2) is 0 Å². The minimum atomic E-state index is 0.0719. The van der Waals surface area contributed by atoms with Crippen molar-refractivity contribution in [2.45, 2.75) is 76.8 Å². The average Bonchev–Trinajstić information content (AvgIpc) is 2.83. The van der Waals surface area contributed by atoms with E-state index in [1.807, 2.05) is 0 Å². The van der Waals surface area contributed by atoms with Crippen molar-refractivity contribution in [1.29, 1.82) is 0 Å². The van der Waals surface area contributed by atoms with Crippen LogP contribution >= 0.6 is 0 Å². The molecule has 0 aliphatic heterocycles. The van der Waals surface area contributed by atoms with E-state index in [2.05, 4.69) is 12.2 Å². The quantitative estimate of drug-likeness (QED) is 0.808. The molecule has 3 heteroatoms. The van der Waals surface area contributed by atoms with Crippen molar-refractivity contribution >= 4 is 5.91 Å². The van der Waals surface area contributed by atoms with Crippen LogP contribution in [0, 0.1) is 11.8 Å². The molecule has 2 fully saturated rings. The Hall–Kier alpha value is -0.570. The fraction of sp³-hybridized carbons (Fsp3) is 0.933. The predicted molar refractivity (Wildman–Crippen MR) is 74.1 cm³/mol. The molecule has 1 amide bonds. The van der Waals surface area contributed by atoms with Gasteiger partial charge in [-0.05, 0) is 38.0 Å². The molecule has 0 spiro atoms. The fourth-order valence-electron chi connectivity index (χ4n) is 3.69. The summed E-state index contributed by atoms with van der Waals surface area (Å²) in [7, 11) is 0. The molecule has 3 N–H and O–H groups in total. The fourth-order valence-corrected chi connectivity index (χ4v) is 3.69. The third-order valence-electron chi connectivity index (χ3n) is 4.89. The van der Waals surface area contributed by atoms with Crippen molar-refractivity contribution in [2.24, 2.45) is 17.6 Å². The lowest BCUT2D eigenvalue weighted by molar-refractivity contribution is -0.126. The third kappa shape index (κ3) is 3.25. The second-order valence-electron chi connectivity index (χ2n) is 6.12. The third-order valence-corrected chi connectivity index (χ3v) is 4.89. The molecular formula is C15H28N2O. The average molecular weight is 252 g/mol. The van der Waals surface area contributed by atoms with Crippen molar-refractivity contribution in [3.8, 4) is 0 Å². The molecule has 2 aliphatic rings. The molecule has 0 aromatic rings. The van der Waals surface area contributed by atoms with Gasteiger partial charge in [-0.1, -0.05) is 32.6 Å². The highest BCUT2D eigenvalue weighted by molar-refractivity contribution is 5.80. The first-order valence-electron chi connectivity index (χ1n) is 7.78. The summed E-state index contributed by atoms with van der Waals surface area (Å²) in [5, 5.41) is 3.29. The molecule has 0 saturated heterocycles. The summed E-state index contributed by atoms with van der Waals surface area (Å²) in [5.41, 5.74) is 6.01. The molecular weight excluding hydrogens is 224 g/mol. The number of hydrogen-bond donors (Lipinski definition) is 2. The lowest BCUT2D eigenvalue weighted by Gasteiger charge is -2.31. The summed E-state index contributed by atoms with van der Waals surface area (Å²) in [5.74, 6) is 0.991. The van der Waals surface area contributed by atoms with Crippen LogP contribution in [0.4, 0.5) is 0 Å². The zero-order valence-electron chi connectivity index (χ0n) is 11.7. The van der Waals surface area contributed by atoms with E-state index in [0.29, 0.717) is 12.0 Å². The van der Waals surface area contributed by atoms with E-state index in [0.717, 1.165) is 25.7 Å². The molecule has 0 radical (unpaired) electrons. The molecule has 0 bridgehead atoms. The van der Waals surface area contributed by atoms with Gasteiger partial charge in [0.05, 0.1) is 5.92 Å². The Morgan fingerprint density at radius 2 is 1.89 bits per heavy atom. The van der Waals surface area contributed by atoms with Gasteiger partial charge in [0, 0.05) is 12.1 Å². The lowest BCUT2D eigenvalue weighted by Crippen LogP contribution is -2.46. The normalized spacial score (nSPS) is 31.2. The van der Waals surface area contributed by atoms with Gasteiger partial charge in [0.1, 0.15) is 0 Å². The van der Waals surface area contributed by atoms with Gasteiger partial charge in [0.25, 0.3) is 0 Å². The molecule has 0 heterocycles. The van der Waals surface area contributed by atoms with Gasteiger partial charge in [-0.2, -0.15) is 0 Å². The smallest absolute Gasteiger partial charge is 0.224 e. The summed E-state index contributed by atoms with van der Waals surface area (Å²) in [6.45, 7) is 2.19. The van der Waals surface area contributed by atoms with Gasteiger partial charge in [-0.25, -0.2) is 0 Å². The first-order chi connectivity index (χ1) is 8.72. The zero-order valence-corrected chi connectivity index (χ0v) is 11.7. The van der Waals surface area contributed by atoms with Gasteiger partial charge in [0.15, 0.2) is 0 Å². The predicted octanol–water partition coefficient (Wildman–Crippen LogP) is 2.59. The number of nitrogens with two attached hydrogens (primary N) is 1. The number of nitrogens with one attached hydrogen (secondary N) is 1. The first-order valence-corrected chi connectivity index (χ1v) is 7.78. The number of rotatable bonds is 4. The summed E-state index contributed by atoms with van der Waals surface area (Å²) < 4.78 is 0. The number of hydrogen-bond acceptors (Lipinski definition) is 2. The maximum atomic E-state index is 12.3. The highest BCUT2D eigenvalue weighted by Crippen LogP contribution is 2.29. The van der Waals surface area contributed by atoms with E-state index in [1.54, 1.807) is 0 Å². The second-order valence-corrected chi connectivity index (χ2v) is 6.12. The largest absolute Gasteiger partial charge is 0.353 e. The van der Waals surface area contributed by atoms with Crippen molar-refractivity contribution < 1.29 is 4.79 Å². The van der Waals surface area contributed by atoms with Gasteiger partial charge in [-0.15, -0.1) is 0 Å². The Morgan fingerprint density at radius 3 is 2.44 bits per heavy atom. The van der Waals surface area contributed by atoms with E-state index in [4.69, 9.17) is 5.73 Å². The van der Waals surface area contributed by atoms with Crippen molar-refractivity contribution in [3.63, 3.8) is 0 Å². The van der Waals surface area contributed by atoms with Gasteiger partial charge in [0.2, 0.25) is 5.91 Å². The Bertz CT molecular complexity index is 274. The Balaban J connectivity index is 1.86. The molecule has 2 aliphatic carbocycles. The molecule has 0 aromatic carbocycles. The van der Waals surface area contributed by atoms with Gasteiger partial charge < -0.3 is 11.1 Å². The molecule has 3 nitrogen and oxygen atoms in total. The van der Waals surface area contributed by atoms with Crippen molar-refractivity contribution in [1.82, 2.24) is 5.32 Å². The highest BCUT2D eigenvalue weighted by atomic mass is 16.2. The molecule has 2 rings (SSSR count). The van der Waals surface area contributed by atoms with Crippen molar-refractivity contribution in [2.75, 3.05) is 0 Å². The van der Waals surface area contributed by atoms with Crippen LogP contribution in [0.2, 0.25) is 0 Å². The van der Waals surface area contributed by atoms with Crippen LogP contribution in [0.5, 0.6) is 0 Å². The number of amides is 1. The molecule has 3 atom stereocenters. The van der Waals surface area contributed by atoms with Crippen LogP contribution in [0.1, 0.15) is 64.7 Å². The Morgan fingerprint density at radius 1 is 1.17 bits per heavy atom. The zero-order chi connectivity index (χ0) is 13.0. The van der Waals surface area contributed by atoms with Crippen LogP contribution < -0.4 is 11.1 Å². The van der Waals surface area contributed by atoms with Crippen LogP contribution in [-0.4, -0.2) is 18.0 Å². The second kappa shape index (κ2) is 6.55. The molecule has 2 saturated carbocycles. The summed E-state index contributed by atoms with van der Waals surface area (Å²) in [6.07, 6.45) is 10.8. The van der Waals surface area contributed by atoms with E-state index in [1.165, 1.54) is 32.1 Å². The van der Waals surface area contributed by atoms with E-state index >= 15 is 0 Å². The standard InChI is InChI=1S/C15H28N2O/c1-2-14(11-7-4-3-5-8-11)17-15(18)12-9-6-10-13(12)16/h11-14H,2-10,16H2,1H3,(H,17,18). The molecule has 18 heavy (non-hydrogen) atoms. The lowest BCUT2D eigenvalue weighted by atomic mass is 9.82. The van der Waals surface area contributed by atoms with Gasteiger partial charge >= 0.3 is 0 Å². The number of carbonyl (C=O) groups excluding carboxylic acids is 1. The van der Waals surface area contributed by atoms with Crippen LogP contribution in [0.3, 0.4) is 0 Å². The summed E-state index contributed by atoms with van der Waals surface area (Å²) >= 11 is 0. The molecule has 0 aromatic heterocycles. The maximum absolute atomic E-state index is 12.3. The topological polar surface area (TPSA) is 55.1 Å². The highest BCUT2D eigenvalue weighted by Gasteiger charge is 2.32. The van der Waals surface area contributed by atoms with E-state index in [-0.39, 0.29) is 17.9 Å². The van der Waals surface area contributed by atoms with Crippen molar-refractivity contribution in [3.05, 3.63) is 0 Å². The van der Waals surface area contributed by atoms with Gasteiger partial charge in [-0.3, -0.25) is 4.79 Å². The SMILES string of the molecule is CCC(NC(=O)C1CCCC1N)C1CCCCC1. The summed E-state index contributed by atoms with van der Waals surface area (Å²) in [4.78, 5) is 12.3. The molecule has 3 unspecified atom stereocenters. The van der Waals surface area contributed by atoms with E-state index < -0.39 is 0 Å². The van der Waals surface area contributed by atoms with Crippen LogP contribution in [0.25, 0.3) is 0 Å². The first kappa shape index (κ1) is 13.9. The minimum absolute atomic E-state index is 0.0719. The van der Waals surface area contributed by atoms with E-state index in [9.17, 15) is 4.79 Å². The Labute approximate surface area is 111 Å². The molecule has 104 valence electrons. The van der Waals surface area contributed by atoms with Crippen LogP contribution in [-0.2, 0) is 4.79 Å².